The molecule has 180 valence electrons. The third-order valence-corrected chi connectivity index (χ3v) is 7.57. The van der Waals surface area contributed by atoms with Crippen molar-refractivity contribution in [2.75, 3.05) is 6.54 Å². The first-order valence-electron chi connectivity index (χ1n) is 11.1. The van der Waals surface area contributed by atoms with Gasteiger partial charge < -0.3 is 10.4 Å². The van der Waals surface area contributed by atoms with Crippen molar-refractivity contribution in [3.63, 3.8) is 0 Å². The Bertz CT molecular complexity index is 1180. The molecule has 0 aliphatic heterocycles. The van der Waals surface area contributed by atoms with Crippen LogP contribution in [-0.4, -0.2) is 36.4 Å². The van der Waals surface area contributed by atoms with Crippen LogP contribution in [0.1, 0.15) is 47.8 Å². The van der Waals surface area contributed by atoms with Gasteiger partial charge in [-0.3, -0.25) is 4.79 Å². The maximum Gasteiger partial charge on any atom is 0.251 e. The molecule has 0 fully saturated rings. The summed E-state index contributed by atoms with van der Waals surface area (Å²) in [4.78, 5) is 12.4. The summed E-state index contributed by atoms with van der Waals surface area (Å²) < 4.78 is 29.0. The highest BCUT2D eigenvalue weighted by molar-refractivity contribution is 7.89. The normalized spacial score (nSPS) is 13.4. The van der Waals surface area contributed by atoms with E-state index >= 15 is 0 Å². The quantitative estimate of drug-likeness (QED) is 0.419. The van der Waals surface area contributed by atoms with Gasteiger partial charge in [-0.15, -0.1) is 0 Å². The highest BCUT2D eigenvalue weighted by Gasteiger charge is 2.31. The summed E-state index contributed by atoms with van der Waals surface area (Å²) in [5, 5.41) is 12.5. The average Bonchev–Trinajstić information content (AvgIpc) is 2.83. The highest BCUT2D eigenvalue weighted by atomic mass is 35.5. The Morgan fingerprint density at radius 2 is 1.62 bits per heavy atom. The molecule has 3 rings (SSSR count). The molecule has 3 aromatic rings. The molecule has 2 N–H and O–H groups in total. The molecule has 0 radical (unpaired) electrons. The van der Waals surface area contributed by atoms with Crippen LogP contribution in [0.2, 0.25) is 5.02 Å². The molecule has 0 saturated heterocycles. The molecule has 0 heterocycles. The van der Waals surface area contributed by atoms with Gasteiger partial charge in [0.25, 0.3) is 5.91 Å². The monoisotopic (exact) mass is 500 g/mol. The predicted molar refractivity (Wildman–Crippen MR) is 134 cm³/mol. The van der Waals surface area contributed by atoms with Crippen molar-refractivity contribution in [2.24, 2.45) is 0 Å². The lowest BCUT2D eigenvalue weighted by Gasteiger charge is -2.31. The Hall–Kier alpha value is -2.71. The fourth-order valence-electron chi connectivity index (χ4n) is 3.67. The summed E-state index contributed by atoms with van der Waals surface area (Å²) in [6, 6.07) is 22.1. The maximum atomic E-state index is 13.7. The van der Waals surface area contributed by atoms with Crippen molar-refractivity contribution in [1.29, 1.82) is 0 Å². The topological polar surface area (TPSA) is 86.7 Å². The van der Waals surface area contributed by atoms with Crippen LogP contribution in [0.5, 0.6) is 0 Å². The van der Waals surface area contributed by atoms with Crippen LogP contribution in [0.4, 0.5) is 0 Å². The summed E-state index contributed by atoms with van der Waals surface area (Å²) in [6.07, 6.45) is -0.0600. The first-order chi connectivity index (χ1) is 16.2. The number of aliphatic hydroxyl groups is 1. The summed E-state index contributed by atoms with van der Waals surface area (Å²) in [5.41, 5.74) is 2.09. The molecule has 0 spiro atoms. The second-order valence-corrected chi connectivity index (χ2v) is 10.4. The third kappa shape index (κ3) is 6.45. The lowest BCUT2D eigenvalue weighted by Crippen LogP contribution is -2.34. The van der Waals surface area contributed by atoms with Crippen LogP contribution in [0.25, 0.3) is 0 Å². The number of hydrogen-bond donors (Lipinski definition) is 2. The van der Waals surface area contributed by atoms with E-state index in [1.165, 1.54) is 16.4 Å². The van der Waals surface area contributed by atoms with Crippen molar-refractivity contribution in [2.45, 2.75) is 43.9 Å². The van der Waals surface area contributed by atoms with Crippen molar-refractivity contribution >= 4 is 27.5 Å². The van der Waals surface area contributed by atoms with E-state index in [2.05, 4.69) is 5.32 Å². The van der Waals surface area contributed by atoms with Gasteiger partial charge in [-0.1, -0.05) is 61.0 Å². The summed E-state index contributed by atoms with van der Waals surface area (Å²) in [5.74, 6) is -0.297. The minimum Gasteiger partial charge on any atom is -0.392 e. The Labute approximate surface area is 206 Å². The zero-order chi connectivity index (χ0) is 24.7. The Kier molecular flexibility index (Phi) is 8.85. The fourth-order valence-corrected chi connectivity index (χ4v) is 5.47. The number of sulfonamides is 1. The third-order valence-electron chi connectivity index (χ3n) is 5.45. The largest absolute Gasteiger partial charge is 0.392 e. The van der Waals surface area contributed by atoms with E-state index in [0.717, 1.165) is 11.1 Å². The van der Waals surface area contributed by atoms with E-state index in [-0.39, 0.29) is 29.9 Å². The molecule has 8 heteroatoms. The van der Waals surface area contributed by atoms with E-state index in [1.807, 2.05) is 37.3 Å². The molecule has 1 amide bonds. The van der Waals surface area contributed by atoms with Gasteiger partial charge in [-0.25, -0.2) is 8.42 Å². The minimum atomic E-state index is -3.85. The van der Waals surface area contributed by atoms with Crippen LogP contribution in [0, 0.1) is 0 Å². The molecule has 0 aliphatic rings. The van der Waals surface area contributed by atoms with Crippen LogP contribution in [-0.2, 0) is 16.6 Å². The summed E-state index contributed by atoms with van der Waals surface area (Å²) in [7, 11) is -3.85. The summed E-state index contributed by atoms with van der Waals surface area (Å²) >= 11 is 5.98. The van der Waals surface area contributed by atoms with E-state index in [0.29, 0.717) is 17.0 Å². The van der Waals surface area contributed by atoms with Gasteiger partial charge in [0.1, 0.15) is 0 Å². The molecule has 3 aromatic carbocycles. The number of carbonyl (C=O) groups is 1. The smallest absolute Gasteiger partial charge is 0.251 e. The van der Waals surface area contributed by atoms with Gasteiger partial charge in [0.15, 0.2) is 0 Å². The first kappa shape index (κ1) is 25.9. The van der Waals surface area contributed by atoms with E-state index in [1.54, 1.807) is 43.3 Å². The number of amides is 1. The molecule has 0 aromatic heterocycles. The number of carbonyl (C=O) groups excluding carboxylic acids is 1. The molecular formula is C26H29ClN2O4S. The number of aliphatic hydroxyl groups excluding tert-OH is 1. The molecule has 0 bridgehead atoms. The van der Waals surface area contributed by atoms with Gasteiger partial charge in [-0.2, -0.15) is 4.31 Å². The summed E-state index contributed by atoms with van der Waals surface area (Å²) in [6.45, 7) is 3.84. The second kappa shape index (κ2) is 11.6. The number of benzene rings is 3. The number of halogens is 1. The maximum absolute atomic E-state index is 13.7. The van der Waals surface area contributed by atoms with Crippen LogP contribution in [0.3, 0.4) is 0 Å². The van der Waals surface area contributed by atoms with Crippen molar-refractivity contribution < 1.29 is 18.3 Å². The van der Waals surface area contributed by atoms with E-state index in [4.69, 9.17) is 11.6 Å². The van der Waals surface area contributed by atoms with Crippen molar-refractivity contribution in [3.8, 4) is 0 Å². The van der Waals surface area contributed by atoms with Crippen LogP contribution >= 0.6 is 11.6 Å². The van der Waals surface area contributed by atoms with Gasteiger partial charge in [-0.05, 0) is 60.9 Å². The lowest BCUT2D eigenvalue weighted by atomic mass is 10.0. The SMILES string of the molecule is CC[C@@H](c1ccccc1)N(Cc1ccc(C(=O)NC[C@@H](C)O)cc1)S(=O)(=O)c1ccc(Cl)cc1. The van der Waals surface area contributed by atoms with E-state index in [9.17, 15) is 18.3 Å². The molecule has 2 atom stereocenters. The number of nitrogens with one attached hydrogen (secondary N) is 1. The number of rotatable bonds is 10. The van der Waals surface area contributed by atoms with Crippen molar-refractivity contribution in [3.05, 3.63) is 101 Å². The zero-order valence-corrected chi connectivity index (χ0v) is 20.8. The number of hydrogen-bond acceptors (Lipinski definition) is 4. The molecule has 0 unspecified atom stereocenters. The molecular weight excluding hydrogens is 472 g/mol. The van der Waals surface area contributed by atoms with E-state index < -0.39 is 16.1 Å². The average molecular weight is 501 g/mol. The van der Waals surface area contributed by atoms with Gasteiger partial charge in [0.05, 0.1) is 17.0 Å². The molecule has 0 aliphatic carbocycles. The van der Waals surface area contributed by atoms with Crippen LogP contribution in [0.15, 0.2) is 83.8 Å². The standard InChI is InChI=1S/C26H29ClN2O4S/c1-3-25(21-7-5-4-6-8-21)29(34(32,33)24-15-13-23(27)14-16-24)18-20-9-11-22(12-10-20)26(31)28-17-19(2)30/h4-16,19,25,30H,3,17-18H2,1-2H3,(H,28,31)/t19-,25+/m1/s1. The zero-order valence-electron chi connectivity index (χ0n) is 19.2. The van der Waals surface area contributed by atoms with Crippen LogP contribution < -0.4 is 5.32 Å². The fraction of sp³-hybridized carbons (Fsp3) is 0.269. The first-order valence-corrected chi connectivity index (χ1v) is 12.9. The number of nitrogens with zero attached hydrogens (tertiary/aromatic N) is 1. The van der Waals surface area contributed by atoms with Gasteiger partial charge >= 0.3 is 0 Å². The minimum absolute atomic E-state index is 0.133. The highest BCUT2D eigenvalue weighted by Crippen LogP contribution is 2.32. The predicted octanol–water partition coefficient (Wildman–Crippen LogP) is 4.79. The molecule has 6 nitrogen and oxygen atoms in total. The van der Waals surface area contributed by atoms with Gasteiger partial charge in [0, 0.05) is 23.7 Å². The Morgan fingerprint density at radius 3 is 2.18 bits per heavy atom. The second-order valence-electron chi connectivity index (χ2n) is 8.09. The van der Waals surface area contributed by atoms with Crippen molar-refractivity contribution in [1.82, 2.24) is 9.62 Å². The molecule has 0 saturated carbocycles. The Balaban J connectivity index is 1.94. The van der Waals surface area contributed by atoms with Gasteiger partial charge in [0.2, 0.25) is 10.0 Å². The lowest BCUT2D eigenvalue weighted by molar-refractivity contribution is 0.0924. The molecule has 34 heavy (non-hydrogen) atoms. The Morgan fingerprint density at radius 1 is 1.00 bits per heavy atom.